The van der Waals surface area contributed by atoms with Crippen LogP contribution in [0.2, 0.25) is 0 Å². The van der Waals surface area contributed by atoms with E-state index in [4.69, 9.17) is 4.74 Å². The van der Waals surface area contributed by atoms with Crippen LogP contribution in [0.5, 0.6) is 0 Å². The van der Waals surface area contributed by atoms with E-state index in [-0.39, 0.29) is 5.83 Å². The quantitative estimate of drug-likeness (QED) is 0.488. The Labute approximate surface area is 54.5 Å². The topological polar surface area (TPSA) is 9.23 Å². The summed E-state index contributed by atoms with van der Waals surface area (Å²) in [6.45, 7) is 4.31. The lowest BCUT2D eigenvalue weighted by molar-refractivity contribution is 0.135. The molecule has 0 aliphatic carbocycles. The van der Waals surface area contributed by atoms with Gasteiger partial charge >= 0.3 is 0 Å². The minimum absolute atomic E-state index is 0.0891. The second-order valence-corrected chi connectivity index (χ2v) is 2.58. The zero-order valence-corrected chi connectivity index (χ0v) is 5.78. The summed E-state index contributed by atoms with van der Waals surface area (Å²) in [5.74, 6) is 0.718. The molecule has 0 aromatic rings. The summed E-state index contributed by atoms with van der Waals surface area (Å²) in [4.78, 5) is 0. The van der Waals surface area contributed by atoms with Crippen molar-refractivity contribution in [3.05, 3.63) is 11.6 Å². The third-order valence-electron chi connectivity index (χ3n) is 1.49. The predicted octanol–water partition coefficient (Wildman–Crippen LogP) is 2.24. The Morgan fingerprint density at radius 3 is 2.78 bits per heavy atom. The zero-order valence-electron chi connectivity index (χ0n) is 5.78. The molecule has 1 aliphatic rings. The van der Waals surface area contributed by atoms with Crippen molar-refractivity contribution in [2.45, 2.75) is 20.3 Å². The van der Waals surface area contributed by atoms with E-state index in [1.165, 1.54) is 0 Å². The van der Waals surface area contributed by atoms with Gasteiger partial charge in [0.05, 0.1) is 6.61 Å². The summed E-state index contributed by atoms with van der Waals surface area (Å²) in [6, 6.07) is 0. The molecule has 1 rings (SSSR count). The first-order chi connectivity index (χ1) is 4.20. The number of ether oxygens (including phenoxy) is 1. The van der Waals surface area contributed by atoms with Crippen LogP contribution in [0, 0.1) is 5.92 Å². The van der Waals surface area contributed by atoms with Crippen LogP contribution in [-0.2, 0) is 4.74 Å². The molecule has 52 valence electrons. The molecule has 1 atom stereocenters. The lowest BCUT2D eigenvalue weighted by Crippen LogP contribution is -2.11. The van der Waals surface area contributed by atoms with Gasteiger partial charge in [0.15, 0.2) is 0 Å². The molecule has 0 saturated carbocycles. The summed E-state index contributed by atoms with van der Waals surface area (Å²) >= 11 is 0. The summed E-state index contributed by atoms with van der Waals surface area (Å²) < 4.78 is 17.6. The summed E-state index contributed by atoms with van der Waals surface area (Å²) in [5, 5.41) is 0. The number of rotatable bonds is 0. The van der Waals surface area contributed by atoms with Crippen molar-refractivity contribution in [3.8, 4) is 0 Å². The van der Waals surface area contributed by atoms with Crippen molar-refractivity contribution < 1.29 is 9.13 Å². The van der Waals surface area contributed by atoms with Gasteiger partial charge < -0.3 is 4.74 Å². The van der Waals surface area contributed by atoms with Crippen LogP contribution in [0.4, 0.5) is 4.39 Å². The van der Waals surface area contributed by atoms with Crippen molar-refractivity contribution in [2.75, 3.05) is 6.61 Å². The third-order valence-corrected chi connectivity index (χ3v) is 1.49. The Morgan fingerprint density at radius 2 is 2.33 bits per heavy atom. The number of halogens is 1. The van der Waals surface area contributed by atoms with Crippen LogP contribution in [-0.4, -0.2) is 6.61 Å². The average molecular weight is 130 g/mol. The minimum Gasteiger partial charge on any atom is -0.495 e. The van der Waals surface area contributed by atoms with Crippen LogP contribution in [0.25, 0.3) is 0 Å². The molecule has 0 amide bonds. The van der Waals surface area contributed by atoms with E-state index in [9.17, 15) is 4.39 Å². The lowest BCUT2D eigenvalue weighted by atomic mass is 10.1. The fourth-order valence-electron chi connectivity index (χ4n) is 0.854. The molecule has 0 radical (unpaired) electrons. The van der Waals surface area contributed by atoms with Crippen molar-refractivity contribution in [1.82, 2.24) is 0 Å². The Hall–Kier alpha value is -0.530. The molecule has 0 fully saturated rings. The second kappa shape index (κ2) is 2.38. The molecule has 1 unspecified atom stereocenters. The Balaban J connectivity index is 2.61. The molecule has 1 nitrogen and oxygen atoms in total. The molecule has 0 aromatic heterocycles. The highest BCUT2D eigenvalue weighted by Crippen LogP contribution is 2.23. The smallest absolute Gasteiger partial charge is 0.138 e. The van der Waals surface area contributed by atoms with Gasteiger partial charge in [-0.3, -0.25) is 0 Å². The van der Waals surface area contributed by atoms with Crippen LogP contribution < -0.4 is 0 Å². The van der Waals surface area contributed by atoms with Crippen LogP contribution in [0.1, 0.15) is 20.3 Å². The van der Waals surface area contributed by atoms with Gasteiger partial charge in [-0.15, -0.1) is 0 Å². The fraction of sp³-hybridized carbons (Fsp3) is 0.714. The molecule has 2 heteroatoms. The van der Waals surface area contributed by atoms with E-state index < -0.39 is 0 Å². The van der Waals surface area contributed by atoms with Gasteiger partial charge in [-0.2, -0.15) is 0 Å². The first kappa shape index (κ1) is 6.59. The van der Waals surface area contributed by atoms with E-state index >= 15 is 0 Å². The Morgan fingerprint density at radius 1 is 1.67 bits per heavy atom. The van der Waals surface area contributed by atoms with Gasteiger partial charge in [0.2, 0.25) is 0 Å². The molecule has 9 heavy (non-hydrogen) atoms. The number of hydrogen-bond donors (Lipinski definition) is 0. The van der Waals surface area contributed by atoms with E-state index in [1.807, 2.05) is 6.92 Å². The maximum Gasteiger partial charge on any atom is 0.138 e. The minimum atomic E-state index is -0.0891. The Kier molecular flexibility index (Phi) is 1.74. The van der Waals surface area contributed by atoms with E-state index in [2.05, 4.69) is 0 Å². The van der Waals surface area contributed by atoms with Gasteiger partial charge in [0, 0.05) is 6.42 Å². The molecule has 0 spiro atoms. The van der Waals surface area contributed by atoms with E-state index in [0.717, 1.165) is 0 Å². The molecular weight excluding hydrogens is 119 g/mol. The molecule has 1 heterocycles. The fourth-order valence-corrected chi connectivity index (χ4v) is 0.854. The SMILES string of the molecule is CC1=C(F)CC(C)CO1. The summed E-state index contributed by atoms with van der Waals surface area (Å²) in [5.41, 5.74) is 0. The molecular formula is C7H11FO. The van der Waals surface area contributed by atoms with Crippen LogP contribution in [0.3, 0.4) is 0 Å². The van der Waals surface area contributed by atoms with E-state index in [1.54, 1.807) is 6.92 Å². The molecule has 0 N–H and O–H groups in total. The van der Waals surface area contributed by atoms with Crippen molar-refractivity contribution >= 4 is 0 Å². The van der Waals surface area contributed by atoms with Crippen molar-refractivity contribution in [3.63, 3.8) is 0 Å². The monoisotopic (exact) mass is 130 g/mol. The maximum atomic E-state index is 12.6. The molecule has 1 aliphatic heterocycles. The molecule has 0 aromatic carbocycles. The third kappa shape index (κ3) is 1.44. The van der Waals surface area contributed by atoms with Crippen molar-refractivity contribution in [2.24, 2.45) is 5.92 Å². The summed E-state index contributed by atoms with van der Waals surface area (Å²) in [7, 11) is 0. The highest BCUT2D eigenvalue weighted by molar-refractivity contribution is 5.01. The predicted molar refractivity (Wildman–Crippen MR) is 33.5 cm³/mol. The first-order valence-corrected chi connectivity index (χ1v) is 3.18. The molecule has 0 saturated heterocycles. The second-order valence-electron chi connectivity index (χ2n) is 2.58. The van der Waals surface area contributed by atoms with Gasteiger partial charge in [-0.05, 0) is 12.8 Å². The van der Waals surface area contributed by atoms with Crippen molar-refractivity contribution in [1.29, 1.82) is 0 Å². The number of hydrogen-bond acceptors (Lipinski definition) is 1. The number of allylic oxidation sites excluding steroid dienone is 2. The lowest BCUT2D eigenvalue weighted by Gasteiger charge is -2.18. The molecule has 0 bridgehead atoms. The highest BCUT2D eigenvalue weighted by atomic mass is 19.1. The van der Waals surface area contributed by atoms with Gasteiger partial charge in [0.1, 0.15) is 11.6 Å². The summed E-state index contributed by atoms with van der Waals surface area (Å²) in [6.07, 6.45) is 0.547. The Bertz CT molecular complexity index is 140. The van der Waals surface area contributed by atoms with Crippen LogP contribution >= 0.6 is 0 Å². The first-order valence-electron chi connectivity index (χ1n) is 3.18. The standard InChI is InChI=1S/C7H11FO/c1-5-3-7(8)6(2)9-4-5/h5H,3-4H2,1-2H3. The normalized spacial score (nSPS) is 28.1. The van der Waals surface area contributed by atoms with E-state index in [0.29, 0.717) is 24.7 Å². The largest absolute Gasteiger partial charge is 0.495 e. The highest BCUT2D eigenvalue weighted by Gasteiger charge is 2.15. The van der Waals surface area contributed by atoms with Crippen LogP contribution in [0.15, 0.2) is 11.6 Å². The van der Waals surface area contributed by atoms with Gasteiger partial charge in [-0.25, -0.2) is 4.39 Å². The maximum absolute atomic E-state index is 12.6. The van der Waals surface area contributed by atoms with Gasteiger partial charge in [-0.1, -0.05) is 6.92 Å². The average Bonchev–Trinajstić information content (AvgIpc) is 1.80. The van der Waals surface area contributed by atoms with Gasteiger partial charge in [0.25, 0.3) is 0 Å². The zero-order chi connectivity index (χ0) is 6.85.